The Bertz CT molecular complexity index is 1210. The summed E-state index contributed by atoms with van der Waals surface area (Å²) in [6.45, 7) is 0.689. The molecule has 1 aliphatic rings. The van der Waals surface area contributed by atoms with E-state index in [0.29, 0.717) is 24.9 Å². The van der Waals surface area contributed by atoms with Gasteiger partial charge in [-0.25, -0.2) is 4.68 Å². The zero-order chi connectivity index (χ0) is 19.7. The summed E-state index contributed by atoms with van der Waals surface area (Å²) < 4.78 is 1.07. The number of aromatic hydroxyl groups is 1. The molecule has 3 aromatic rings. The van der Waals surface area contributed by atoms with Crippen LogP contribution in [-0.2, 0) is 11.3 Å². The van der Waals surface area contributed by atoms with Crippen LogP contribution in [0.15, 0.2) is 64.2 Å². The van der Waals surface area contributed by atoms with Crippen molar-refractivity contribution in [2.75, 3.05) is 13.1 Å². The molecule has 7 heteroatoms. The van der Waals surface area contributed by atoms with Crippen molar-refractivity contribution in [2.24, 2.45) is 0 Å². The first-order chi connectivity index (χ1) is 13.5. The Labute approximate surface area is 160 Å². The Morgan fingerprint density at radius 1 is 1.07 bits per heavy atom. The van der Waals surface area contributed by atoms with Gasteiger partial charge in [-0.1, -0.05) is 30.3 Å². The van der Waals surface area contributed by atoms with Crippen LogP contribution in [0.5, 0.6) is 5.75 Å². The average Bonchev–Trinajstić information content (AvgIpc) is 2.72. The molecule has 28 heavy (non-hydrogen) atoms. The zero-order valence-electron chi connectivity index (χ0n) is 15.1. The van der Waals surface area contributed by atoms with Gasteiger partial charge in [-0.05, 0) is 41.8 Å². The second-order valence-electron chi connectivity index (χ2n) is 6.76. The van der Waals surface area contributed by atoms with E-state index in [0.717, 1.165) is 15.8 Å². The fourth-order valence-corrected chi connectivity index (χ4v) is 3.46. The molecule has 0 aliphatic carbocycles. The van der Waals surface area contributed by atoms with E-state index < -0.39 is 11.1 Å². The van der Waals surface area contributed by atoms with Crippen molar-refractivity contribution < 1.29 is 9.90 Å². The van der Waals surface area contributed by atoms with Crippen molar-refractivity contribution in [3.8, 4) is 5.75 Å². The fourth-order valence-electron chi connectivity index (χ4n) is 3.46. The number of H-pyrrole nitrogens is 1. The van der Waals surface area contributed by atoms with Crippen LogP contribution in [0.2, 0.25) is 0 Å². The fraction of sp³-hybridized carbons (Fsp3) is 0.190. The number of benzene rings is 2. The SMILES string of the molecule is O=C(Cn1[nH]c(=O)c2ccccc2c1=O)N1CCC=C(c2cccc(O)c2)C1. The highest BCUT2D eigenvalue weighted by molar-refractivity contribution is 5.82. The Morgan fingerprint density at radius 3 is 2.64 bits per heavy atom. The van der Waals surface area contributed by atoms with Crippen LogP contribution >= 0.6 is 0 Å². The Kier molecular flexibility index (Phi) is 4.57. The molecular formula is C21H19N3O4. The molecule has 0 spiro atoms. The molecule has 1 amide bonds. The number of amides is 1. The molecule has 7 nitrogen and oxygen atoms in total. The van der Waals surface area contributed by atoms with Crippen LogP contribution in [0.25, 0.3) is 16.3 Å². The minimum absolute atomic E-state index is 0.169. The van der Waals surface area contributed by atoms with Crippen molar-refractivity contribution in [2.45, 2.75) is 13.0 Å². The average molecular weight is 377 g/mol. The Morgan fingerprint density at radius 2 is 1.86 bits per heavy atom. The highest BCUT2D eigenvalue weighted by Crippen LogP contribution is 2.23. The number of rotatable bonds is 3. The molecule has 2 aromatic carbocycles. The van der Waals surface area contributed by atoms with E-state index in [1.54, 1.807) is 47.4 Å². The van der Waals surface area contributed by atoms with E-state index in [9.17, 15) is 19.5 Å². The lowest BCUT2D eigenvalue weighted by Gasteiger charge is -2.28. The maximum absolute atomic E-state index is 12.8. The van der Waals surface area contributed by atoms with Crippen molar-refractivity contribution in [3.05, 3.63) is 80.9 Å². The summed E-state index contributed by atoms with van der Waals surface area (Å²) in [5.41, 5.74) is 0.995. The van der Waals surface area contributed by atoms with Crippen LogP contribution in [0.1, 0.15) is 12.0 Å². The summed E-state index contributed by atoms with van der Waals surface area (Å²) in [5, 5.41) is 12.8. The maximum Gasteiger partial charge on any atom is 0.273 e. The van der Waals surface area contributed by atoms with Crippen molar-refractivity contribution in [3.63, 3.8) is 0 Å². The van der Waals surface area contributed by atoms with Gasteiger partial charge in [0.05, 0.1) is 10.8 Å². The van der Waals surface area contributed by atoms with E-state index in [1.165, 1.54) is 0 Å². The predicted octanol–water partition coefficient (Wildman–Crippen LogP) is 1.71. The molecule has 0 fully saturated rings. The molecule has 0 saturated heterocycles. The molecule has 0 saturated carbocycles. The van der Waals surface area contributed by atoms with E-state index in [-0.39, 0.29) is 23.6 Å². The molecule has 0 radical (unpaired) electrons. The summed E-state index contributed by atoms with van der Waals surface area (Å²) in [6.07, 6.45) is 2.72. The van der Waals surface area contributed by atoms with Gasteiger partial charge >= 0.3 is 0 Å². The molecule has 142 valence electrons. The molecule has 0 bridgehead atoms. The second-order valence-corrected chi connectivity index (χ2v) is 6.76. The number of phenolic OH excluding ortho intramolecular Hbond substituents is 1. The number of aromatic nitrogens is 2. The number of hydrogen-bond donors (Lipinski definition) is 2. The quantitative estimate of drug-likeness (QED) is 0.726. The Balaban J connectivity index is 1.57. The van der Waals surface area contributed by atoms with Crippen LogP contribution < -0.4 is 11.1 Å². The van der Waals surface area contributed by atoms with Crippen LogP contribution in [0, 0.1) is 0 Å². The first-order valence-corrected chi connectivity index (χ1v) is 9.01. The third kappa shape index (κ3) is 3.34. The van der Waals surface area contributed by atoms with Gasteiger partial charge in [-0.15, -0.1) is 0 Å². The zero-order valence-corrected chi connectivity index (χ0v) is 15.1. The topological polar surface area (TPSA) is 95.4 Å². The third-order valence-corrected chi connectivity index (χ3v) is 4.90. The van der Waals surface area contributed by atoms with Gasteiger partial charge in [0, 0.05) is 13.1 Å². The smallest absolute Gasteiger partial charge is 0.273 e. The monoisotopic (exact) mass is 377 g/mol. The van der Waals surface area contributed by atoms with Crippen molar-refractivity contribution in [1.29, 1.82) is 0 Å². The molecule has 1 aromatic heterocycles. The van der Waals surface area contributed by atoms with Crippen LogP contribution in [0.4, 0.5) is 0 Å². The summed E-state index contributed by atoms with van der Waals surface area (Å²) in [6, 6.07) is 13.4. The second kappa shape index (κ2) is 7.19. The van der Waals surface area contributed by atoms with Gasteiger partial charge < -0.3 is 10.0 Å². The summed E-state index contributed by atoms with van der Waals surface area (Å²) in [5.74, 6) is -0.0825. The number of fused-ring (bicyclic) bond motifs is 1. The number of aromatic amines is 1. The minimum atomic E-state index is -0.401. The number of hydrogen-bond acceptors (Lipinski definition) is 4. The summed E-state index contributed by atoms with van der Waals surface area (Å²) in [7, 11) is 0. The highest BCUT2D eigenvalue weighted by Gasteiger charge is 2.20. The van der Waals surface area contributed by atoms with E-state index in [4.69, 9.17) is 0 Å². The van der Waals surface area contributed by atoms with Crippen molar-refractivity contribution >= 4 is 22.3 Å². The van der Waals surface area contributed by atoms with Gasteiger partial charge in [0.25, 0.3) is 11.1 Å². The number of phenols is 1. The largest absolute Gasteiger partial charge is 0.508 e. The number of carbonyl (C=O) groups excluding carboxylic acids is 1. The van der Waals surface area contributed by atoms with E-state index in [1.807, 2.05) is 12.1 Å². The van der Waals surface area contributed by atoms with Gasteiger partial charge in [-0.2, -0.15) is 0 Å². The number of nitrogens with zero attached hydrogens (tertiary/aromatic N) is 2. The van der Waals surface area contributed by atoms with Crippen LogP contribution in [-0.4, -0.2) is 38.8 Å². The maximum atomic E-state index is 12.8. The Hall–Kier alpha value is -3.61. The molecule has 1 aliphatic heterocycles. The molecule has 2 N–H and O–H groups in total. The molecule has 0 atom stereocenters. The van der Waals surface area contributed by atoms with E-state index >= 15 is 0 Å². The first-order valence-electron chi connectivity index (χ1n) is 9.01. The summed E-state index contributed by atoms with van der Waals surface area (Å²) in [4.78, 5) is 39.2. The van der Waals surface area contributed by atoms with Gasteiger partial charge in [0.2, 0.25) is 5.91 Å². The molecule has 2 heterocycles. The normalized spacial score (nSPS) is 14.1. The van der Waals surface area contributed by atoms with E-state index in [2.05, 4.69) is 5.10 Å². The lowest BCUT2D eigenvalue weighted by molar-refractivity contribution is -0.131. The summed E-state index contributed by atoms with van der Waals surface area (Å²) >= 11 is 0. The number of nitrogens with one attached hydrogen (secondary N) is 1. The minimum Gasteiger partial charge on any atom is -0.508 e. The van der Waals surface area contributed by atoms with Gasteiger partial charge in [0.15, 0.2) is 0 Å². The highest BCUT2D eigenvalue weighted by atomic mass is 16.3. The first kappa shape index (κ1) is 17.8. The standard InChI is InChI=1S/C21H19N3O4/c25-16-7-3-5-14(11-16)15-6-4-10-23(12-15)19(26)13-24-21(28)18-9-2-1-8-17(18)20(27)22-24/h1-3,5-9,11,25H,4,10,12-13H2,(H,22,27). The van der Waals surface area contributed by atoms with Crippen LogP contribution in [0.3, 0.4) is 0 Å². The molecule has 4 rings (SSSR count). The lowest BCUT2D eigenvalue weighted by atomic mass is 10.0. The van der Waals surface area contributed by atoms with Gasteiger partial charge in [0.1, 0.15) is 12.3 Å². The molecular weight excluding hydrogens is 358 g/mol. The third-order valence-electron chi connectivity index (χ3n) is 4.90. The van der Waals surface area contributed by atoms with Gasteiger partial charge in [-0.3, -0.25) is 19.5 Å². The van der Waals surface area contributed by atoms with Crippen molar-refractivity contribution in [1.82, 2.24) is 14.7 Å². The predicted molar refractivity (Wildman–Crippen MR) is 106 cm³/mol. The lowest BCUT2D eigenvalue weighted by Crippen LogP contribution is -2.41. The number of carbonyl (C=O) groups is 1. The molecule has 0 unspecified atom stereocenters.